The third kappa shape index (κ3) is 2.36. The maximum atomic E-state index is 5.83. The minimum absolute atomic E-state index is 0.534. The number of fused-ring (bicyclic) bond motifs is 1. The molecule has 4 heteroatoms. The largest absolute Gasteiger partial charge is 0.497 e. The van der Waals surface area contributed by atoms with Crippen molar-refractivity contribution in [1.29, 1.82) is 0 Å². The number of nitrogens with zero attached hydrogens (tertiary/aromatic N) is 1. The zero-order valence-corrected chi connectivity index (χ0v) is 11.0. The highest BCUT2D eigenvalue weighted by atomic mass is 16.5. The summed E-state index contributed by atoms with van der Waals surface area (Å²) in [5.41, 5.74) is 6.40. The fraction of sp³-hybridized carbons (Fsp3) is 0.0625. The molecule has 20 heavy (non-hydrogen) atoms. The van der Waals surface area contributed by atoms with Gasteiger partial charge < -0.3 is 15.2 Å². The summed E-state index contributed by atoms with van der Waals surface area (Å²) in [5.74, 6) is 1.96. The van der Waals surface area contributed by atoms with Gasteiger partial charge in [0.2, 0.25) is 5.88 Å². The standard InChI is InChI=1S/C16H14N2O2/c1-19-13-6-5-11-7-8-18-16(15(11)10-13)20-14-4-2-3-12(17)9-14/h2-10H,17H2,1H3. The number of hydrogen-bond donors (Lipinski definition) is 1. The van der Waals surface area contributed by atoms with Gasteiger partial charge in [0.1, 0.15) is 11.5 Å². The Balaban J connectivity index is 2.06. The van der Waals surface area contributed by atoms with Crippen LogP contribution in [0.2, 0.25) is 0 Å². The van der Waals surface area contributed by atoms with Gasteiger partial charge in [-0.15, -0.1) is 0 Å². The third-order valence-electron chi connectivity index (χ3n) is 3.01. The van der Waals surface area contributed by atoms with Crippen molar-refractivity contribution in [3.63, 3.8) is 0 Å². The molecule has 0 unspecified atom stereocenters. The molecule has 0 atom stereocenters. The van der Waals surface area contributed by atoms with Crippen molar-refractivity contribution in [2.45, 2.75) is 0 Å². The minimum Gasteiger partial charge on any atom is -0.497 e. The first kappa shape index (κ1) is 12.3. The van der Waals surface area contributed by atoms with E-state index in [9.17, 15) is 0 Å². The van der Waals surface area contributed by atoms with Crippen molar-refractivity contribution >= 4 is 16.5 Å². The topological polar surface area (TPSA) is 57.4 Å². The van der Waals surface area contributed by atoms with Gasteiger partial charge in [-0.05, 0) is 35.7 Å². The SMILES string of the molecule is COc1ccc2ccnc(Oc3cccc(N)c3)c2c1. The Bertz CT molecular complexity index is 756. The smallest absolute Gasteiger partial charge is 0.227 e. The predicted molar refractivity (Wildman–Crippen MR) is 79.2 cm³/mol. The number of methoxy groups -OCH3 is 1. The number of anilines is 1. The number of pyridine rings is 1. The van der Waals surface area contributed by atoms with Crippen LogP contribution < -0.4 is 15.2 Å². The Morgan fingerprint density at radius 3 is 2.70 bits per heavy atom. The molecule has 1 aromatic heterocycles. The summed E-state index contributed by atoms with van der Waals surface area (Å²) in [6, 6.07) is 15.0. The number of hydrogen-bond acceptors (Lipinski definition) is 4. The first-order valence-electron chi connectivity index (χ1n) is 6.22. The van der Waals surface area contributed by atoms with E-state index in [1.165, 1.54) is 0 Å². The lowest BCUT2D eigenvalue weighted by Crippen LogP contribution is -1.91. The van der Waals surface area contributed by atoms with Crippen LogP contribution in [0.1, 0.15) is 0 Å². The average molecular weight is 266 g/mol. The molecular weight excluding hydrogens is 252 g/mol. The number of rotatable bonds is 3. The molecule has 0 aliphatic heterocycles. The quantitative estimate of drug-likeness (QED) is 0.736. The van der Waals surface area contributed by atoms with Crippen LogP contribution in [0.15, 0.2) is 54.7 Å². The molecule has 0 saturated carbocycles. The molecule has 2 N–H and O–H groups in total. The molecule has 0 fully saturated rings. The lowest BCUT2D eigenvalue weighted by Gasteiger charge is -2.09. The summed E-state index contributed by atoms with van der Waals surface area (Å²) in [6.45, 7) is 0. The van der Waals surface area contributed by atoms with Gasteiger partial charge >= 0.3 is 0 Å². The molecule has 0 bridgehead atoms. The second kappa shape index (κ2) is 5.09. The van der Waals surface area contributed by atoms with Crippen LogP contribution in [0.4, 0.5) is 5.69 Å². The molecule has 0 saturated heterocycles. The zero-order valence-electron chi connectivity index (χ0n) is 11.0. The van der Waals surface area contributed by atoms with Gasteiger partial charge in [0.15, 0.2) is 0 Å². The second-order valence-corrected chi connectivity index (χ2v) is 4.38. The van der Waals surface area contributed by atoms with Crippen molar-refractivity contribution in [1.82, 2.24) is 4.98 Å². The Labute approximate surface area is 116 Å². The number of aromatic nitrogens is 1. The summed E-state index contributed by atoms with van der Waals surface area (Å²) < 4.78 is 11.1. The predicted octanol–water partition coefficient (Wildman–Crippen LogP) is 3.62. The van der Waals surface area contributed by atoms with E-state index >= 15 is 0 Å². The van der Waals surface area contributed by atoms with E-state index < -0.39 is 0 Å². The van der Waals surface area contributed by atoms with Gasteiger partial charge in [0.05, 0.1) is 7.11 Å². The molecule has 0 aliphatic rings. The summed E-state index contributed by atoms with van der Waals surface area (Å²) in [7, 11) is 1.63. The molecule has 0 radical (unpaired) electrons. The Kier molecular flexibility index (Phi) is 3.13. The first-order valence-corrected chi connectivity index (χ1v) is 6.22. The summed E-state index contributed by atoms with van der Waals surface area (Å²) in [6.07, 6.45) is 1.72. The van der Waals surface area contributed by atoms with Gasteiger partial charge in [-0.2, -0.15) is 0 Å². The Morgan fingerprint density at radius 1 is 1.00 bits per heavy atom. The van der Waals surface area contributed by atoms with E-state index in [1.54, 1.807) is 19.4 Å². The van der Waals surface area contributed by atoms with Gasteiger partial charge in [0, 0.05) is 23.3 Å². The molecule has 0 aliphatic carbocycles. The summed E-state index contributed by atoms with van der Waals surface area (Å²) >= 11 is 0. The average Bonchev–Trinajstić information content (AvgIpc) is 2.47. The maximum absolute atomic E-state index is 5.83. The van der Waals surface area contributed by atoms with Crippen LogP contribution >= 0.6 is 0 Å². The van der Waals surface area contributed by atoms with E-state index in [0.717, 1.165) is 16.5 Å². The molecule has 3 aromatic rings. The van der Waals surface area contributed by atoms with Crippen LogP contribution in [-0.4, -0.2) is 12.1 Å². The fourth-order valence-electron chi connectivity index (χ4n) is 2.02. The van der Waals surface area contributed by atoms with E-state index in [2.05, 4.69) is 4.98 Å². The summed E-state index contributed by atoms with van der Waals surface area (Å²) in [4.78, 5) is 4.29. The van der Waals surface area contributed by atoms with E-state index in [0.29, 0.717) is 17.3 Å². The number of ether oxygens (including phenoxy) is 2. The molecule has 0 amide bonds. The van der Waals surface area contributed by atoms with Crippen LogP contribution in [0.25, 0.3) is 10.8 Å². The van der Waals surface area contributed by atoms with E-state index in [-0.39, 0.29) is 0 Å². The maximum Gasteiger partial charge on any atom is 0.227 e. The fourth-order valence-corrected chi connectivity index (χ4v) is 2.02. The molecule has 4 nitrogen and oxygen atoms in total. The minimum atomic E-state index is 0.534. The second-order valence-electron chi connectivity index (χ2n) is 4.38. The van der Waals surface area contributed by atoms with Crippen molar-refractivity contribution in [3.8, 4) is 17.4 Å². The van der Waals surface area contributed by atoms with Gasteiger partial charge in [0.25, 0.3) is 0 Å². The molecular formula is C16H14N2O2. The molecule has 0 spiro atoms. The molecule has 3 rings (SSSR count). The van der Waals surface area contributed by atoms with Crippen molar-refractivity contribution in [2.24, 2.45) is 0 Å². The van der Waals surface area contributed by atoms with Crippen LogP contribution in [0.5, 0.6) is 17.4 Å². The molecule has 100 valence electrons. The van der Waals surface area contributed by atoms with Crippen molar-refractivity contribution < 1.29 is 9.47 Å². The highest BCUT2D eigenvalue weighted by Gasteiger charge is 2.06. The number of nitrogens with two attached hydrogens (primary N) is 1. The number of benzene rings is 2. The molecule has 2 aromatic carbocycles. The monoisotopic (exact) mass is 266 g/mol. The number of nitrogen functional groups attached to an aromatic ring is 1. The van der Waals surface area contributed by atoms with Crippen LogP contribution in [0.3, 0.4) is 0 Å². The Hall–Kier alpha value is -2.75. The summed E-state index contributed by atoms with van der Waals surface area (Å²) in [5, 5.41) is 1.94. The first-order chi connectivity index (χ1) is 9.76. The van der Waals surface area contributed by atoms with E-state index in [4.69, 9.17) is 15.2 Å². The van der Waals surface area contributed by atoms with Gasteiger partial charge in [-0.1, -0.05) is 12.1 Å². The van der Waals surface area contributed by atoms with Gasteiger partial charge in [-0.3, -0.25) is 0 Å². The lowest BCUT2D eigenvalue weighted by atomic mass is 10.1. The van der Waals surface area contributed by atoms with Crippen LogP contribution in [0, 0.1) is 0 Å². The van der Waals surface area contributed by atoms with Crippen LogP contribution in [-0.2, 0) is 0 Å². The normalized spacial score (nSPS) is 10.4. The Morgan fingerprint density at radius 2 is 1.90 bits per heavy atom. The lowest BCUT2D eigenvalue weighted by molar-refractivity contribution is 0.415. The highest BCUT2D eigenvalue weighted by molar-refractivity contribution is 5.88. The van der Waals surface area contributed by atoms with Crippen molar-refractivity contribution in [2.75, 3.05) is 12.8 Å². The van der Waals surface area contributed by atoms with Gasteiger partial charge in [-0.25, -0.2) is 4.98 Å². The van der Waals surface area contributed by atoms with Crippen molar-refractivity contribution in [3.05, 3.63) is 54.7 Å². The third-order valence-corrected chi connectivity index (χ3v) is 3.01. The zero-order chi connectivity index (χ0) is 13.9. The highest BCUT2D eigenvalue weighted by Crippen LogP contribution is 2.30. The van der Waals surface area contributed by atoms with E-state index in [1.807, 2.05) is 42.5 Å². The molecule has 1 heterocycles.